The Morgan fingerprint density at radius 3 is 2.82 bits per heavy atom. The van der Waals surface area contributed by atoms with Crippen molar-refractivity contribution in [2.45, 2.75) is 65.8 Å². The molecule has 0 bridgehead atoms. The number of ether oxygens (including phenoxy) is 1. The third kappa shape index (κ3) is 4.87. The fourth-order valence-electron chi connectivity index (χ4n) is 4.80. The maximum absolute atomic E-state index is 13.3. The number of benzene rings is 1. The molecule has 2 aromatic heterocycles. The second-order valence-corrected chi connectivity index (χ2v) is 9.96. The fraction of sp³-hybridized carbons (Fsp3) is 0.500. The lowest BCUT2D eigenvalue weighted by molar-refractivity contribution is 0.0908. The normalized spacial score (nSPS) is 15.9. The number of fused-ring (bicyclic) bond motifs is 2. The van der Waals surface area contributed by atoms with Gasteiger partial charge in [0.2, 0.25) is 0 Å². The minimum absolute atomic E-state index is 0.0535. The van der Waals surface area contributed by atoms with Gasteiger partial charge in [0.05, 0.1) is 23.7 Å². The van der Waals surface area contributed by atoms with Gasteiger partial charge in [0.1, 0.15) is 23.9 Å². The van der Waals surface area contributed by atoms with Gasteiger partial charge in [-0.1, -0.05) is 33.6 Å². The molecule has 1 amide bonds. The van der Waals surface area contributed by atoms with Crippen molar-refractivity contribution in [3.63, 3.8) is 0 Å². The summed E-state index contributed by atoms with van der Waals surface area (Å²) in [4.78, 5) is 37.4. The lowest BCUT2D eigenvalue weighted by atomic mass is 9.75. The van der Waals surface area contributed by atoms with Gasteiger partial charge < -0.3 is 25.1 Å². The summed E-state index contributed by atoms with van der Waals surface area (Å²) in [5.74, 6) is 1.19. The summed E-state index contributed by atoms with van der Waals surface area (Å²) < 4.78 is 5.50. The number of aromatic nitrogens is 3. The Hall–Kier alpha value is -3.13. The molecule has 4 rings (SSSR count). The number of ketones is 1. The number of Topliss-reactive ketones (excluding diaryl/α,β-unsaturated/α-hetero) is 1. The van der Waals surface area contributed by atoms with Gasteiger partial charge in [-0.15, -0.1) is 0 Å². The predicted octanol–water partition coefficient (Wildman–Crippen LogP) is 4.39. The van der Waals surface area contributed by atoms with Crippen LogP contribution in [-0.4, -0.2) is 45.0 Å². The molecule has 34 heavy (non-hydrogen) atoms. The fourth-order valence-corrected chi connectivity index (χ4v) is 4.80. The summed E-state index contributed by atoms with van der Waals surface area (Å²) in [6, 6.07) is 5.22. The molecule has 8 heteroatoms. The van der Waals surface area contributed by atoms with E-state index >= 15 is 0 Å². The summed E-state index contributed by atoms with van der Waals surface area (Å²) in [6.07, 6.45) is 3.89. The number of hydrogen-bond acceptors (Lipinski definition) is 5. The maximum Gasteiger partial charge on any atom is 0.268 e. The Bertz CT molecular complexity index is 1210. The molecule has 0 radical (unpaired) electrons. The molecule has 0 unspecified atom stereocenters. The molecule has 182 valence electrons. The first-order valence-corrected chi connectivity index (χ1v) is 12.0. The first-order chi connectivity index (χ1) is 16.2. The van der Waals surface area contributed by atoms with Crippen LogP contribution in [-0.2, 0) is 6.42 Å². The van der Waals surface area contributed by atoms with Crippen LogP contribution < -0.4 is 10.1 Å². The van der Waals surface area contributed by atoms with Gasteiger partial charge in [0.25, 0.3) is 5.91 Å². The number of nitrogens with one attached hydrogen (secondary N) is 3. The summed E-state index contributed by atoms with van der Waals surface area (Å²) in [6.45, 7) is 8.27. The molecular formula is C26H34N4O4. The molecule has 1 atom stereocenters. The van der Waals surface area contributed by atoms with Crippen molar-refractivity contribution in [1.29, 1.82) is 0 Å². The number of hydrogen-bond donors (Lipinski definition) is 4. The average molecular weight is 467 g/mol. The van der Waals surface area contributed by atoms with Crippen LogP contribution in [0.3, 0.4) is 0 Å². The largest absolute Gasteiger partial charge is 0.491 e. The molecule has 0 spiro atoms. The minimum atomic E-state index is -0.298. The van der Waals surface area contributed by atoms with Crippen LogP contribution in [0.1, 0.15) is 90.4 Å². The Labute approximate surface area is 199 Å². The van der Waals surface area contributed by atoms with Crippen molar-refractivity contribution in [3.05, 3.63) is 46.5 Å². The first-order valence-electron chi connectivity index (χ1n) is 12.0. The number of unbranched alkanes of at least 4 members (excludes halogenated alkanes) is 1. The average Bonchev–Trinajstić information content (AvgIpc) is 3.34. The summed E-state index contributed by atoms with van der Waals surface area (Å²) >= 11 is 0. The van der Waals surface area contributed by atoms with Gasteiger partial charge in [-0.25, -0.2) is 4.98 Å². The molecule has 4 N–H and O–H groups in total. The van der Waals surface area contributed by atoms with E-state index in [2.05, 4.69) is 36.1 Å². The molecule has 1 aliphatic carbocycles. The number of amides is 1. The van der Waals surface area contributed by atoms with E-state index < -0.39 is 0 Å². The van der Waals surface area contributed by atoms with Gasteiger partial charge in [-0.05, 0) is 42.9 Å². The molecule has 2 heterocycles. The Kier molecular flexibility index (Phi) is 6.79. The van der Waals surface area contributed by atoms with Crippen molar-refractivity contribution in [2.24, 2.45) is 5.41 Å². The number of carbonyl (C=O) groups is 2. The third-order valence-electron chi connectivity index (χ3n) is 6.44. The van der Waals surface area contributed by atoms with E-state index in [0.29, 0.717) is 29.3 Å². The van der Waals surface area contributed by atoms with Gasteiger partial charge in [-0.3, -0.25) is 9.59 Å². The molecule has 0 saturated carbocycles. The third-order valence-corrected chi connectivity index (χ3v) is 6.44. The lowest BCUT2D eigenvalue weighted by Crippen LogP contribution is -2.30. The first kappa shape index (κ1) is 24.0. The zero-order valence-electron chi connectivity index (χ0n) is 20.4. The number of nitrogens with zero attached hydrogens (tertiary/aromatic N) is 1. The topological polar surface area (TPSA) is 120 Å². The minimum Gasteiger partial charge on any atom is -0.491 e. The number of aliphatic hydroxyl groups is 1. The van der Waals surface area contributed by atoms with Crippen LogP contribution in [0.25, 0.3) is 11.0 Å². The highest BCUT2D eigenvalue weighted by atomic mass is 16.5. The molecule has 1 aromatic carbocycles. The number of rotatable bonds is 9. The van der Waals surface area contributed by atoms with Crippen molar-refractivity contribution < 1.29 is 19.4 Å². The number of H-pyrrole nitrogens is 2. The van der Waals surface area contributed by atoms with Crippen LogP contribution in [0.2, 0.25) is 0 Å². The van der Waals surface area contributed by atoms with Crippen LogP contribution in [0.15, 0.2) is 18.2 Å². The van der Waals surface area contributed by atoms with E-state index in [9.17, 15) is 9.59 Å². The number of imidazole rings is 1. The van der Waals surface area contributed by atoms with Crippen LogP contribution >= 0.6 is 0 Å². The van der Waals surface area contributed by atoms with Crippen molar-refractivity contribution in [3.8, 4) is 5.75 Å². The Balaban J connectivity index is 1.60. The molecule has 0 aliphatic heterocycles. The highest BCUT2D eigenvalue weighted by molar-refractivity contribution is 6.04. The molecule has 0 fully saturated rings. The van der Waals surface area contributed by atoms with E-state index in [1.807, 2.05) is 25.1 Å². The van der Waals surface area contributed by atoms with E-state index in [1.165, 1.54) is 0 Å². The zero-order chi connectivity index (χ0) is 24.5. The standard InChI is InChI=1S/C26H34N4O4/c1-5-6-7-18(24-28-17-9-8-16(34-11-10-31)12-19(17)29-24)30-25(33)23-15(2)22-20(27-23)13-26(3,4)14-21(22)32/h8-9,12,18,27,31H,5-7,10-11,13-14H2,1-4H3,(H,28,29)(H,30,33)/t18-/m0/s1. The highest BCUT2D eigenvalue weighted by Crippen LogP contribution is 2.37. The number of aromatic amines is 2. The lowest BCUT2D eigenvalue weighted by Gasteiger charge is -2.28. The van der Waals surface area contributed by atoms with Crippen LogP contribution in [0.5, 0.6) is 5.75 Å². The molecule has 3 aromatic rings. The molecule has 8 nitrogen and oxygen atoms in total. The molecular weight excluding hydrogens is 432 g/mol. The number of carbonyl (C=O) groups excluding carboxylic acids is 2. The Morgan fingerprint density at radius 1 is 1.29 bits per heavy atom. The molecule has 0 saturated heterocycles. The quantitative estimate of drug-likeness (QED) is 0.373. The van der Waals surface area contributed by atoms with Crippen molar-refractivity contribution >= 4 is 22.7 Å². The van der Waals surface area contributed by atoms with Gasteiger partial charge in [0.15, 0.2) is 5.78 Å². The van der Waals surface area contributed by atoms with Gasteiger partial charge >= 0.3 is 0 Å². The smallest absolute Gasteiger partial charge is 0.268 e. The monoisotopic (exact) mass is 466 g/mol. The van der Waals surface area contributed by atoms with Crippen molar-refractivity contribution in [2.75, 3.05) is 13.2 Å². The zero-order valence-corrected chi connectivity index (χ0v) is 20.4. The second kappa shape index (κ2) is 9.62. The summed E-state index contributed by atoms with van der Waals surface area (Å²) in [5.41, 5.74) is 4.17. The van der Waals surface area contributed by atoms with Gasteiger partial charge in [0, 0.05) is 23.7 Å². The second-order valence-electron chi connectivity index (χ2n) is 9.96. The van der Waals surface area contributed by atoms with E-state index in [1.54, 1.807) is 0 Å². The SMILES string of the molecule is CCCC[C@H](NC(=O)c1[nH]c2c(c1C)C(=O)CC(C)(C)C2)c1nc2ccc(OCCO)cc2[nH]1. The van der Waals surface area contributed by atoms with E-state index in [-0.39, 0.29) is 36.4 Å². The van der Waals surface area contributed by atoms with Gasteiger partial charge in [-0.2, -0.15) is 0 Å². The van der Waals surface area contributed by atoms with E-state index in [0.717, 1.165) is 48.0 Å². The van der Waals surface area contributed by atoms with Crippen molar-refractivity contribution in [1.82, 2.24) is 20.3 Å². The predicted molar refractivity (Wildman–Crippen MR) is 130 cm³/mol. The molecule has 1 aliphatic rings. The highest BCUT2D eigenvalue weighted by Gasteiger charge is 2.35. The van der Waals surface area contributed by atoms with E-state index in [4.69, 9.17) is 14.8 Å². The number of aliphatic hydroxyl groups excluding tert-OH is 1. The Morgan fingerprint density at radius 2 is 2.09 bits per heavy atom. The van der Waals surface area contributed by atoms with Crippen LogP contribution in [0, 0.1) is 12.3 Å². The maximum atomic E-state index is 13.3. The van der Waals surface area contributed by atoms with Crippen LogP contribution in [0.4, 0.5) is 0 Å². The summed E-state index contributed by atoms with van der Waals surface area (Å²) in [5, 5.41) is 12.1. The summed E-state index contributed by atoms with van der Waals surface area (Å²) in [7, 11) is 0.